The smallest absolute Gasteiger partial charge is 0.317 e. The highest BCUT2D eigenvalue weighted by atomic mass is 32.2. The first-order valence-corrected chi connectivity index (χ1v) is 8.66. The second-order valence-corrected chi connectivity index (χ2v) is 6.63. The first kappa shape index (κ1) is 16.8. The molecule has 6 heteroatoms. The van der Waals surface area contributed by atoms with E-state index >= 15 is 0 Å². The minimum absolute atomic E-state index is 0.173. The number of thioether (sulfide) groups is 1. The van der Waals surface area contributed by atoms with E-state index in [1.54, 1.807) is 11.8 Å². The maximum Gasteiger partial charge on any atom is 0.317 e. The van der Waals surface area contributed by atoms with E-state index in [-0.39, 0.29) is 18.1 Å². The van der Waals surface area contributed by atoms with Crippen molar-refractivity contribution in [2.24, 2.45) is 5.92 Å². The number of benzene rings is 1. The van der Waals surface area contributed by atoms with Gasteiger partial charge in [0, 0.05) is 10.6 Å². The number of hydrogen-bond acceptors (Lipinski definition) is 4. The van der Waals surface area contributed by atoms with Gasteiger partial charge in [0.15, 0.2) is 5.11 Å². The van der Waals surface area contributed by atoms with Crippen LogP contribution in [0.3, 0.4) is 0 Å². The zero-order chi connectivity index (χ0) is 16.3. The molecule has 2 N–H and O–H groups in total. The lowest BCUT2D eigenvalue weighted by Crippen LogP contribution is -2.51. The molecule has 1 heterocycles. The normalized spacial score (nSPS) is 21.3. The molecule has 22 heavy (non-hydrogen) atoms. The molecule has 118 valence electrons. The molecular formula is C16H20N2O2S2. The van der Waals surface area contributed by atoms with Crippen LogP contribution in [-0.4, -0.2) is 23.4 Å². The number of thiocarbonyl (C=S) groups is 1. The van der Waals surface area contributed by atoms with Gasteiger partial charge in [0.1, 0.15) is 5.92 Å². The minimum Gasteiger partial charge on any atom is -0.462 e. The second-order valence-electron chi connectivity index (χ2n) is 5.34. The zero-order valence-electron chi connectivity index (χ0n) is 12.9. The van der Waals surface area contributed by atoms with E-state index in [0.29, 0.717) is 10.8 Å². The van der Waals surface area contributed by atoms with Gasteiger partial charge in [0.05, 0.1) is 12.1 Å². The Balaban J connectivity index is 2.31. The summed E-state index contributed by atoms with van der Waals surface area (Å²) in [5.74, 6) is -0.823. The number of nitrogens with one attached hydrogen (secondary N) is 2. The summed E-state index contributed by atoms with van der Waals surface area (Å²) in [6.45, 7) is 7.60. The van der Waals surface area contributed by atoms with Crippen LogP contribution in [0, 0.1) is 5.92 Å². The van der Waals surface area contributed by atoms with Gasteiger partial charge in [-0.15, -0.1) is 11.8 Å². The zero-order valence-corrected chi connectivity index (χ0v) is 14.5. The van der Waals surface area contributed by atoms with E-state index in [1.807, 2.05) is 44.4 Å². The fourth-order valence-corrected chi connectivity index (χ4v) is 3.02. The van der Waals surface area contributed by atoms with E-state index in [1.165, 1.54) is 4.90 Å². The number of hydrogen-bond donors (Lipinski definition) is 2. The van der Waals surface area contributed by atoms with Crippen LogP contribution in [-0.2, 0) is 9.53 Å². The Morgan fingerprint density at radius 2 is 2.00 bits per heavy atom. The summed E-state index contributed by atoms with van der Waals surface area (Å²) >= 11 is 6.87. The van der Waals surface area contributed by atoms with Crippen molar-refractivity contribution in [3.63, 3.8) is 0 Å². The van der Waals surface area contributed by atoms with Gasteiger partial charge in [-0.2, -0.15) is 0 Å². The highest BCUT2D eigenvalue weighted by molar-refractivity contribution is 7.98. The third-order valence-corrected chi connectivity index (χ3v) is 4.31. The Bertz CT molecular complexity index is 584. The molecule has 1 saturated heterocycles. The molecule has 1 aliphatic heterocycles. The second kappa shape index (κ2) is 7.15. The van der Waals surface area contributed by atoms with Gasteiger partial charge in [-0.25, -0.2) is 0 Å². The van der Waals surface area contributed by atoms with Gasteiger partial charge in [0.25, 0.3) is 0 Å². The Morgan fingerprint density at radius 1 is 1.36 bits per heavy atom. The van der Waals surface area contributed by atoms with Gasteiger partial charge in [-0.3, -0.25) is 4.79 Å². The Morgan fingerprint density at radius 3 is 2.55 bits per heavy atom. The van der Waals surface area contributed by atoms with E-state index in [0.717, 1.165) is 5.56 Å². The predicted octanol–water partition coefficient (Wildman–Crippen LogP) is 3.01. The molecule has 0 aromatic heterocycles. The lowest BCUT2D eigenvalue weighted by molar-refractivity contribution is -0.152. The molecule has 1 aliphatic rings. The summed E-state index contributed by atoms with van der Waals surface area (Å²) in [6.07, 6.45) is 1.85. The fraction of sp³-hybridized carbons (Fsp3) is 0.375. The van der Waals surface area contributed by atoms with Crippen LogP contribution in [0.4, 0.5) is 0 Å². The average Bonchev–Trinajstić information content (AvgIpc) is 2.45. The summed E-state index contributed by atoms with van der Waals surface area (Å²) in [6, 6.07) is 7.78. The largest absolute Gasteiger partial charge is 0.462 e. The molecule has 0 bridgehead atoms. The molecule has 0 radical (unpaired) electrons. The van der Waals surface area contributed by atoms with Gasteiger partial charge in [-0.05, 0) is 50.0 Å². The molecule has 1 fully saturated rings. The Kier molecular flexibility index (Phi) is 5.47. The summed E-state index contributed by atoms with van der Waals surface area (Å²) < 4.78 is 5.36. The van der Waals surface area contributed by atoms with Crippen LogP contribution in [0.15, 0.2) is 41.4 Å². The van der Waals surface area contributed by atoms with Crippen molar-refractivity contribution in [1.82, 2.24) is 10.6 Å². The molecule has 0 saturated carbocycles. The molecule has 2 atom stereocenters. The summed E-state index contributed by atoms with van der Waals surface area (Å²) in [5, 5.41) is 6.55. The minimum atomic E-state index is -0.519. The van der Waals surface area contributed by atoms with E-state index in [2.05, 4.69) is 17.2 Å². The topological polar surface area (TPSA) is 50.4 Å². The third-order valence-electron chi connectivity index (χ3n) is 3.35. The molecular weight excluding hydrogens is 316 g/mol. The van der Waals surface area contributed by atoms with Crippen molar-refractivity contribution >= 4 is 35.1 Å². The average molecular weight is 336 g/mol. The summed E-state index contributed by atoms with van der Waals surface area (Å²) in [5.41, 5.74) is 1.54. The lowest BCUT2D eigenvalue weighted by Gasteiger charge is -2.35. The van der Waals surface area contributed by atoms with Crippen molar-refractivity contribution < 1.29 is 9.53 Å². The first-order valence-electron chi connectivity index (χ1n) is 7.03. The number of esters is 1. The molecule has 4 nitrogen and oxygen atoms in total. The van der Waals surface area contributed by atoms with Crippen molar-refractivity contribution in [3.8, 4) is 0 Å². The van der Waals surface area contributed by atoms with Crippen LogP contribution in [0.25, 0.3) is 0 Å². The van der Waals surface area contributed by atoms with Crippen molar-refractivity contribution in [1.29, 1.82) is 0 Å². The van der Waals surface area contributed by atoms with Gasteiger partial charge in [-0.1, -0.05) is 18.7 Å². The van der Waals surface area contributed by atoms with E-state index in [9.17, 15) is 4.79 Å². The third kappa shape index (κ3) is 3.81. The van der Waals surface area contributed by atoms with Crippen molar-refractivity contribution in [3.05, 3.63) is 42.1 Å². The number of ether oxygens (including phenoxy) is 1. The SMILES string of the molecule is C=C1NC(=S)NC(c2ccc(SC)cc2)C1C(=O)OC(C)C. The summed E-state index contributed by atoms with van der Waals surface area (Å²) in [7, 11) is 0. The number of carbonyl (C=O) groups excluding carboxylic acids is 1. The molecule has 0 aliphatic carbocycles. The van der Waals surface area contributed by atoms with Crippen molar-refractivity contribution in [2.45, 2.75) is 30.9 Å². The van der Waals surface area contributed by atoms with Gasteiger partial charge < -0.3 is 15.4 Å². The predicted molar refractivity (Wildman–Crippen MR) is 93.7 cm³/mol. The molecule has 1 aromatic carbocycles. The first-order chi connectivity index (χ1) is 10.4. The number of rotatable bonds is 4. The van der Waals surface area contributed by atoms with Gasteiger partial charge >= 0.3 is 5.97 Å². The lowest BCUT2D eigenvalue weighted by atomic mass is 9.89. The maximum absolute atomic E-state index is 12.4. The maximum atomic E-state index is 12.4. The van der Waals surface area contributed by atoms with Crippen LogP contribution >= 0.6 is 24.0 Å². The Hall–Kier alpha value is -1.53. The highest BCUT2D eigenvalue weighted by Gasteiger charge is 2.38. The molecule has 0 amide bonds. The summed E-state index contributed by atoms with van der Waals surface area (Å²) in [4.78, 5) is 13.6. The molecule has 2 unspecified atom stereocenters. The molecule has 0 spiro atoms. The van der Waals surface area contributed by atoms with Crippen LogP contribution in [0.5, 0.6) is 0 Å². The van der Waals surface area contributed by atoms with Crippen LogP contribution < -0.4 is 10.6 Å². The quantitative estimate of drug-likeness (QED) is 0.501. The van der Waals surface area contributed by atoms with Crippen LogP contribution in [0.2, 0.25) is 0 Å². The van der Waals surface area contributed by atoms with Crippen LogP contribution in [0.1, 0.15) is 25.5 Å². The fourth-order valence-electron chi connectivity index (χ4n) is 2.36. The van der Waals surface area contributed by atoms with Crippen molar-refractivity contribution in [2.75, 3.05) is 6.26 Å². The number of carbonyl (C=O) groups is 1. The standard InChI is InChI=1S/C16H20N2O2S2/c1-9(2)20-15(19)13-10(3)17-16(21)18-14(13)11-5-7-12(22-4)8-6-11/h5-9,13-14H,3H2,1-2,4H3,(H2,17,18,21). The van der Waals surface area contributed by atoms with E-state index < -0.39 is 5.92 Å². The molecule has 2 rings (SSSR count). The molecule has 1 aromatic rings. The monoisotopic (exact) mass is 336 g/mol. The Labute approximate surface area is 140 Å². The van der Waals surface area contributed by atoms with E-state index in [4.69, 9.17) is 17.0 Å². The highest BCUT2D eigenvalue weighted by Crippen LogP contribution is 2.31. The van der Waals surface area contributed by atoms with Gasteiger partial charge in [0.2, 0.25) is 0 Å².